The van der Waals surface area contributed by atoms with Crippen molar-refractivity contribution in [2.45, 2.75) is 26.2 Å². The molecule has 1 amide bonds. The minimum Gasteiger partial charge on any atom is -0.338 e. The molecule has 21 heavy (non-hydrogen) atoms. The highest BCUT2D eigenvalue weighted by Gasteiger charge is 2.30. The van der Waals surface area contributed by atoms with Crippen molar-refractivity contribution in [3.05, 3.63) is 41.2 Å². The summed E-state index contributed by atoms with van der Waals surface area (Å²) in [5.74, 6) is 1.12. The topological polar surface area (TPSA) is 63.9 Å². The quantitative estimate of drug-likeness (QED) is 0.838. The fourth-order valence-corrected chi connectivity index (χ4v) is 2.80. The fraction of sp³-hybridized carbons (Fsp3) is 0.467. The van der Waals surface area contributed by atoms with Crippen LogP contribution in [0.5, 0.6) is 0 Å². The number of likely N-dealkylation sites (tertiary alicyclic amines) is 1. The maximum Gasteiger partial charge on any atom is 0.257 e. The van der Waals surface area contributed by atoms with Gasteiger partial charge in [0.05, 0.1) is 11.3 Å². The van der Waals surface area contributed by atoms with Crippen molar-refractivity contribution in [2.75, 3.05) is 13.1 Å². The smallest absolute Gasteiger partial charge is 0.257 e. The lowest BCUT2D eigenvalue weighted by Crippen LogP contribution is -2.28. The van der Waals surface area contributed by atoms with Gasteiger partial charge in [-0.2, -0.15) is 5.10 Å². The molecule has 0 N–H and O–H groups in total. The monoisotopic (exact) mass is 285 g/mol. The minimum absolute atomic E-state index is 0.0516. The maximum atomic E-state index is 12.6. The molecule has 1 atom stereocenters. The summed E-state index contributed by atoms with van der Waals surface area (Å²) in [6.45, 7) is 5.25. The Kier molecular flexibility index (Phi) is 3.45. The summed E-state index contributed by atoms with van der Waals surface area (Å²) in [5.41, 5.74) is 2.42. The second-order valence-electron chi connectivity index (χ2n) is 5.59. The summed E-state index contributed by atoms with van der Waals surface area (Å²) < 4.78 is 1.68. The average Bonchev–Trinajstić information content (AvgIpc) is 3.05. The molecule has 0 aliphatic carbocycles. The first-order valence-corrected chi connectivity index (χ1v) is 7.13. The number of nitrogens with zero attached hydrogens (tertiary/aromatic N) is 5. The van der Waals surface area contributed by atoms with Gasteiger partial charge >= 0.3 is 0 Å². The summed E-state index contributed by atoms with van der Waals surface area (Å²) >= 11 is 0. The third-order valence-corrected chi connectivity index (χ3v) is 3.90. The van der Waals surface area contributed by atoms with Crippen molar-refractivity contribution >= 4 is 5.91 Å². The molecule has 0 spiro atoms. The molecule has 0 aromatic carbocycles. The van der Waals surface area contributed by atoms with Crippen molar-refractivity contribution in [3.8, 4) is 0 Å². The number of rotatable bonds is 2. The molecular weight excluding hydrogens is 266 g/mol. The highest BCUT2D eigenvalue weighted by atomic mass is 16.2. The van der Waals surface area contributed by atoms with Gasteiger partial charge in [-0.15, -0.1) is 0 Å². The number of carbonyl (C=O) groups excluding carboxylic acids is 1. The molecular formula is C15H19N5O. The van der Waals surface area contributed by atoms with E-state index in [1.54, 1.807) is 17.1 Å². The largest absolute Gasteiger partial charge is 0.338 e. The molecule has 6 nitrogen and oxygen atoms in total. The van der Waals surface area contributed by atoms with E-state index < -0.39 is 0 Å². The Morgan fingerprint density at radius 2 is 2.19 bits per heavy atom. The van der Waals surface area contributed by atoms with Crippen LogP contribution in [-0.4, -0.2) is 43.6 Å². The van der Waals surface area contributed by atoms with Crippen LogP contribution in [0.25, 0.3) is 0 Å². The second kappa shape index (κ2) is 5.27. The van der Waals surface area contributed by atoms with E-state index in [4.69, 9.17) is 0 Å². The van der Waals surface area contributed by atoms with E-state index in [1.165, 1.54) is 0 Å². The fourth-order valence-electron chi connectivity index (χ4n) is 2.80. The summed E-state index contributed by atoms with van der Waals surface area (Å²) in [4.78, 5) is 23.3. The first-order chi connectivity index (χ1) is 10.0. The SMILES string of the molecule is Cc1ccnc(C2CCN(C(=O)c3cn(C)nc3C)C2)n1. The van der Waals surface area contributed by atoms with E-state index in [0.29, 0.717) is 12.1 Å². The van der Waals surface area contributed by atoms with Gasteiger partial charge in [0.15, 0.2) is 0 Å². The molecule has 110 valence electrons. The van der Waals surface area contributed by atoms with Crippen molar-refractivity contribution < 1.29 is 4.79 Å². The summed E-state index contributed by atoms with van der Waals surface area (Å²) in [7, 11) is 1.83. The normalized spacial score (nSPS) is 18.2. The molecule has 1 aliphatic heterocycles. The Balaban J connectivity index is 1.75. The molecule has 6 heteroatoms. The molecule has 1 fully saturated rings. The Morgan fingerprint density at radius 3 is 2.86 bits per heavy atom. The highest BCUT2D eigenvalue weighted by Crippen LogP contribution is 2.26. The van der Waals surface area contributed by atoms with Gasteiger partial charge < -0.3 is 4.90 Å². The average molecular weight is 285 g/mol. The maximum absolute atomic E-state index is 12.6. The van der Waals surface area contributed by atoms with Crippen LogP contribution >= 0.6 is 0 Å². The first-order valence-electron chi connectivity index (χ1n) is 7.13. The van der Waals surface area contributed by atoms with Gasteiger partial charge in [0.25, 0.3) is 5.91 Å². The molecule has 0 bridgehead atoms. The number of aryl methyl sites for hydroxylation is 3. The lowest BCUT2D eigenvalue weighted by Gasteiger charge is -2.15. The summed E-state index contributed by atoms with van der Waals surface area (Å²) in [5, 5.41) is 4.24. The third kappa shape index (κ3) is 2.66. The van der Waals surface area contributed by atoms with E-state index in [-0.39, 0.29) is 11.8 Å². The first kappa shape index (κ1) is 13.7. The van der Waals surface area contributed by atoms with Crippen molar-refractivity contribution in [3.63, 3.8) is 0 Å². The summed E-state index contributed by atoms with van der Waals surface area (Å²) in [6, 6.07) is 1.89. The van der Waals surface area contributed by atoms with Crippen molar-refractivity contribution in [1.29, 1.82) is 0 Å². The Morgan fingerprint density at radius 1 is 1.38 bits per heavy atom. The van der Waals surface area contributed by atoms with Crippen LogP contribution < -0.4 is 0 Å². The van der Waals surface area contributed by atoms with E-state index >= 15 is 0 Å². The predicted molar refractivity (Wildman–Crippen MR) is 78.0 cm³/mol. The molecule has 2 aromatic rings. The van der Waals surface area contributed by atoms with E-state index in [2.05, 4.69) is 15.1 Å². The van der Waals surface area contributed by atoms with E-state index in [0.717, 1.165) is 30.2 Å². The van der Waals surface area contributed by atoms with Gasteiger partial charge in [-0.05, 0) is 26.3 Å². The lowest BCUT2D eigenvalue weighted by atomic mass is 10.1. The second-order valence-corrected chi connectivity index (χ2v) is 5.59. The van der Waals surface area contributed by atoms with Crippen LogP contribution in [0.3, 0.4) is 0 Å². The Hall–Kier alpha value is -2.24. The van der Waals surface area contributed by atoms with Crippen LogP contribution in [0.1, 0.15) is 39.9 Å². The van der Waals surface area contributed by atoms with Gasteiger partial charge in [-0.25, -0.2) is 9.97 Å². The van der Waals surface area contributed by atoms with Gasteiger partial charge in [-0.1, -0.05) is 0 Å². The predicted octanol–water partition coefficient (Wildman–Crippen LogP) is 1.46. The number of aromatic nitrogens is 4. The van der Waals surface area contributed by atoms with Crippen LogP contribution in [0.2, 0.25) is 0 Å². The highest BCUT2D eigenvalue weighted by molar-refractivity contribution is 5.95. The lowest BCUT2D eigenvalue weighted by molar-refractivity contribution is 0.0789. The molecule has 1 unspecified atom stereocenters. The summed E-state index contributed by atoms with van der Waals surface area (Å²) in [6.07, 6.45) is 4.48. The number of amides is 1. The molecule has 3 heterocycles. The Bertz CT molecular complexity index is 678. The zero-order chi connectivity index (χ0) is 15.0. The Labute approximate surface area is 123 Å². The zero-order valence-electron chi connectivity index (χ0n) is 12.6. The van der Waals surface area contributed by atoms with E-state index in [9.17, 15) is 4.79 Å². The van der Waals surface area contributed by atoms with Crippen LogP contribution in [0, 0.1) is 13.8 Å². The van der Waals surface area contributed by atoms with E-state index in [1.807, 2.05) is 31.9 Å². The van der Waals surface area contributed by atoms with Crippen molar-refractivity contribution in [2.24, 2.45) is 7.05 Å². The number of carbonyl (C=O) groups is 1. The molecule has 0 saturated carbocycles. The van der Waals surface area contributed by atoms with Gasteiger partial charge in [0, 0.05) is 44.1 Å². The zero-order valence-corrected chi connectivity index (χ0v) is 12.6. The number of hydrogen-bond acceptors (Lipinski definition) is 4. The van der Waals surface area contributed by atoms with Gasteiger partial charge in [-0.3, -0.25) is 9.48 Å². The molecule has 1 saturated heterocycles. The van der Waals surface area contributed by atoms with Crippen LogP contribution in [0.4, 0.5) is 0 Å². The number of hydrogen-bond donors (Lipinski definition) is 0. The van der Waals surface area contributed by atoms with Gasteiger partial charge in [0.2, 0.25) is 0 Å². The van der Waals surface area contributed by atoms with Crippen molar-refractivity contribution in [1.82, 2.24) is 24.6 Å². The molecule has 2 aromatic heterocycles. The van der Waals surface area contributed by atoms with Crippen LogP contribution in [-0.2, 0) is 7.05 Å². The minimum atomic E-state index is 0.0516. The van der Waals surface area contributed by atoms with Gasteiger partial charge in [0.1, 0.15) is 5.82 Å². The van der Waals surface area contributed by atoms with Crippen LogP contribution in [0.15, 0.2) is 18.5 Å². The molecule has 1 aliphatic rings. The molecule has 0 radical (unpaired) electrons. The standard InChI is InChI=1S/C15H19N5O/c1-10-4-6-16-14(17-10)12-5-7-20(8-12)15(21)13-9-19(3)18-11(13)2/h4,6,9,12H,5,7-8H2,1-3H3. The molecule has 3 rings (SSSR count). The third-order valence-electron chi connectivity index (χ3n) is 3.90.